The van der Waals surface area contributed by atoms with Crippen molar-refractivity contribution in [3.8, 4) is 0 Å². The number of halogens is 1. The van der Waals surface area contributed by atoms with Crippen molar-refractivity contribution in [1.82, 2.24) is 0 Å². The minimum absolute atomic E-state index is 0. The molecule has 0 spiro atoms. The van der Waals surface area contributed by atoms with Crippen LogP contribution in [0.25, 0.3) is 0 Å². The number of hydrogen-bond donors (Lipinski definition) is 0. The molecule has 1 fully saturated rings. The maximum atomic E-state index is 12.7. The summed E-state index contributed by atoms with van der Waals surface area (Å²) in [6.07, 6.45) is 42.6. The van der Waals surface area contributed by atoms with E-state index in [1.54, 1.807) is 0 Å². The highest BCUT2D eigenvalue weighted by Gasteiger charge is 2.36. The highest BCUT2D eigenvalue weighted by atomic mass is 35.5. The predicted molar refractivity (Wildman–Crippen MR) is 202 cm³/mol. The first kappa shape index (κ1) is 47.6. The Morgan fingerprint density at radius 2 is 0.898 bits per heavy atom. The number of carbonyl (C=O) groups is 2. The van der Waals surface area contributed by atoms with Gasteiger partial charge in [-0.3, -0.25) is 9.63 Å². The van der Waals surface area contributed by atoms with Crippen molar-refractivity contribution in [2.24, 2.45) is 0 Å². The van der Waals surface area contributed by atoms with Crippen LogP contribution in [0.3, 0.4) is 0 Å². The smallest absolute Gasteiger partial charge is 0.366 e. The molecule has 1 aliphatic rings. The van der Waals surface area contributed by atoms with Crippen molar-refractivity contribution < 1.29 is 41.0 Å². The maximum Gasteiger partial charge on any atom is 0.366 e. The first-order valence-corrected chi connectivity index (χ1v) is 20.7. The molecule has 0 radical (unpaired) electrons. The van der Waals surface area contributed by atoms with Gasteiger partial charge < -0.3 is 21.9 Å². The van der Waals surface area contributed by atoms with Crippen molar-refractivity contribution in [3.05, 3.63) is 24.3 Å². The molecule has 1 rings (SSSR count). The molecule has 49 heavy (non-hydrogen) atoms. The SMILES string of the molecule is CCCCCCCC/C=C/CCCCCCCC(=O)OCC[N+]1(OC(=O)CCCCCCC/C=C/CCCCCCCC)CCOCC1.[Cl-]. The number of hydroxylamine groups is 3. The van der Waals surface area contributed by atoms with E-state index in [9.17, 15) is 9.59 Å². The molecule has 0 unspecified atom stereocenters. The number of allylic oxidation sites excluding steroid dienone is 4. The molecule has 0 aromatic carbocycles. The molecule has 6 nitrogen and oxygen atoms in total. The number of hydrogen-bond acceptors (Lipinski definition) is 5. The molecule has 7 heteroatoms. The Bertz CT molecular complexity index is 796. The van der Waals surface area contributed by atoms with Crippen LogP contribution in [0.2, 0.25) is 0 Å². The Labute approximate surface area is 309 Å². The van der Waals surface area contributed by atoms with Crippen LogP contribution < -0.4 is 12.4 Å². The molecule has 0 N–H and O–H groups in total. The monoisotopic (exact) mass is 712 g/mol. The van der Waals surface area contributed by atoms with Crippen LogP contribution in [-0.4, -0.2) is 56.0 Å². The Hall–Kier alpha value is -1.37. The second kappa shape index (κ2) is 36.4. The Kier molecular flexibility index (Phi) is 35.4. The molecule has 1 aliphatic heterocycles. The summed E-state index contributed by atoms with van der Waals surface area (Å²) < 4.78 is 11.3. The van der Waals surface area contributed by atoms with Gasteiger partial charge in [0.25, 0.3) is 0 Å². The van der Waals surface area contributed by atoms with Crippen LogP contribution >= 0.6 is 0 Å². The number of nitrogens with zero attached hydrogens (tertiary/aromatic N) is 1. The third-order valence-electron chi connectivity index (χ3n) is 9.63. The molecule has 1 saturated heterocycles. The van der Waals surface area contributed by atoms with Gasteiger partial charge >= 0.3 is 11.9 Å². The Balaban J connectivity index is 0.0000230. The number of esters is 1. The van der Waals surface area contributed by atoms with Crippen molar-refractivity contribution in [2.75, 3.05) is 39.5 Å². The fourth-order valence-corrected chi connectivity index (χ4v) is 6.38. The van der Waals surface area contributed by atoms with Crippen molar-refractivity contribution in [2.45, 2.75) is 194 Å². The number of morpholine rings is 1. The van der Waals surface area contributed by atoms with E-state index in [4.69, 9.17) is 14.3 Å². The van der Waals surface area contributed by atoms with Gasteiger partial charge in [0.1, 0.15) is 19.7 Å². The van der Waals surface area contributed by atoms with Crippen LogP contribution in [0.4, 0.5) is 0 Å². The minimum Gasteiger partial charge on any atom is -1.00 e. The van der Waals surface area contributed by atoms with E-state index >= 15 is 0 Å². The third-order valence-corrected chi connectivity index (χ3v) is 9.63. The van der Waals surface area contributed by atoms with Gasteiger partial charge in [-0.2, -0.15) is 0 Å². The average Bonchev–Trinajstić information content (AvgIpc) is 3.08. The van der Waals surface area contributed by atoms with Gasteiger partial charge in [-0.15, -0.1) is 4.65 Å². The standard InChI is InChI=1S/C42H78NO5.ClH/c1-3-5-7-9-11-13-15-17-19-21-23-25-27-29-31-33-41(44)47-40-37-43(35-38-46-39-36-43)48-42(45)34-32-30-28-26-24-22-20-18-16-14-12-10-8-6-4-2;/h17-20H,3-16,21-40H2,1-2H3;1H/q+1;/p-1/b19-17+,20-18+;. The second-order valence-corrected chi connectivity index (χ2v) is 14.2. The highest BCUT2D eigenvalue weighted by molar-refractivity contribution is 5.69. The molecule has 0 aromatic heterocycles. The predicted octanol–water partition coefficient (Wildman–Crippen LogP) is 8.91. The fourth-order valence-electron chi connectivity index (χ4n) is 6.38. The number of carbonyl (C=O) groups excluding carboxylic acids is 2. The minimum atomic E-state index is -0.144. The van der Waals surface area contributed by atoms with Crippen LogP contribution in [0.15, 0.2) is 24.3 Å². The summed E-state index contributed by atoms with van der Waals surface area (Å²) >= 11 is 0. The summed E-state index contributed by atoms with van der Waals surface area (Å²) in [5.41, 5.74) is 0. The molecule has 0 bridgehead atoms. The van der Waals surface area contributed by atoms with Gasteiger partial charge in [0.15, 0.2) is 6.54 Å². The maximum absolute atomic E-state index is 12.7. The van der Waals surface area contributed by atoms with Gasteiger partial charge in [0, 0.05) is 6.42 Å². The van der Waals surface area contributed by atoms with Gasteiger partial charge in [-0.05, 0) is 64.2 Å². The topological polar surface area (TPSA) is 61.8 Å². The van der Waals surface area contributed by atoms with E-state index in [1.165, 1.54) is 141 Å². The quantitative estimate of drug-likeness (QED) is 0.0289. The Morgan fingerprint density at radius 3 is 1.33 bits per heavy atom. The molecule has 1 heterocycles. The summed E-state index contributed by atoms with van der Waals surface area (Å²) in [5.74, 6) is -0.284. The van der Waals surface area contributed by atoms with Crippen molar-refractivity contribution in [3.63, 3.8) is 0 Å². The lowest BCUT2D eigenvalue weighted by molar-refractivity contribution is -1.09. The summed E-state index contributed by atoms with van der Waals surface area (Å²) in [6, 6.07) is 0. The first-order chi connectivity index (χ1) is 23.6. The largest absolute Gasteiger partial charge is 1.00 e. The van der Waals surface area contributed by atoms with E-state index in [0.717, 1.165) is 25.7 Å². The van der Waals surface area contributed by atoms with E-state index in [-0.39, 0.29) is 35.6 Å². The average molecular weight is 713 g/mol. The summed E-state index contributed by atoms with van der Waals surface area (Å²) in [5, 5.41) is 0. The molecular formula is C42H78ClNO5. The lowest BCUT2D eigenvalue weighted by Gasteiger charge is -2.36. The molecule has 0 aromatic rings. The number of unbranched alkanes of at least 4 members (excludes halogenated alkanes) is 22. The van der Waals surface area contributed by atoms with Crippen LogP contribution in [0.1, 0.15) is 194 Å². The highest BCUT2D eigenvalue weighted by Crippen LogP contribution is 2.17. The number of ether oxygens (including phenoxy) is 2. The zero-order chi connectivity index (χ0) is 34.6. The molecule has 0 aliphatic carbocycles. The second-order valence-electron chi connectivity index (χ2n) is 14.2. The molecule has 0 atom stereocenters. The van der Waals surface area contributed by atoms with E-state index < -0.39 is 0 Å². The molecule has 288 valence electrons. The lowest BCUT2D eigenvalue weighted by Crippen LogP contribution is -3.00. The molecular weight excluding hydrogens is 634 g/mol. The first-order valence-electron chi connectivity index (χ1n) is 20.7. The summed E-state index contributed by atoms with van der Waals surface area (Å²) in [6.45, 7) is 7.66. The number of rotatable bonds is 34. The zero-order valence-corrected chi connectivity index (χ0v) is 33.0. The van der Waals surface area contributed by atoms with Gasteiger partial charge in [0.2, 0.25) is 0 Å². The van der Waals surface area contributed by atoms with Crippen molar-refractivity contribution in [1.29, 1.82) is 0 Å². The third kappa shape index (κ3) is 31.1. The van der Waals surface area contributed by atoms with E-state index in [2.05, 4.69) is 38.2 Å². The lowest BCUT2D eigenvalue weighted by atomic mass is 10.1. The molecule has 0 amide bonds. The van der Waals surface area contributed by atoms with E-state index in [1.807, 2.05) is 0 Å². The van der Waals surface area contributed by atoms with Crippen molar-refractivity contribution >= 4 is 11.9 Å². The Morgan fingerprint density at radius 1 is 0.531 bits per heavy atom. The van der Waals surface area contributed by atoms with Gasteiger partial charge in [0.05, 0.1) is 19.6 Å². The zero-order valence-electron chi connectivity index (χ0n) is 32.2. The summed E-state index contributed by atoms with van der Waals surface area (Å²) in [7, 11) is 0. The van der Waals surface area contributed by atoms with E-state index in [0.29, 0.717) is 45.7 Å². The normalized spacial score (nSPS) is 14.3. The van der Waals surface area contributed by atoms with Gasteiger partial charge in [-0.1, -0.05) is 141 Å². The fraction of sp³-hybridized carbons (Fsp3) is 0.857. The molecule has 0 saturated carbocycles. The van der Waals surface area contributed by atoms with Gasteiger partial charge in [-0.25, -0.2) is 4.79 Å². The van der Waals surface area contributed by atoms with Crippen LogP contribution in [0.5, 0.6) is 0 Å². The van der Waals surface area contributed by atoms with Crippen LogP contribution in [0, 0.1) is 0 Å². The summed E-state index contributed by atoms with van der Waals surface area (Å²) in [4.78, 5) is 31.0. The number of quaternary nitrogens is 1. The van der Waals surface area contributed by atoms with Crippen LogP contribution in [-0.2, 0) is 23.9 Å².